The van der Waals surface area contributed by atoms with Crippen molar-refractivity contribution in [2.75, 3.05) is 5.32 Å². The van der Waals surface area contributed by atoms with Gasteiger partial charge >= 0.3 is 0 Å². The Kier molecular flexibility index (Phi) is 5.37. The first kappa shape index (κ1) is 20.9. The molecule has 3 aromatic carbocycles. The molecular formula is C25H15BrClNO3S. The number of carbonyl (C=O) groups excluding carboxylic acids is 2. The van der Waals surface area contributed by atoms with Crippen LogP contribution in [0.1, 0.15) is 31.4 Å². The molecule has 0 saturated heterocycles. The smallest absolute Gasteiger partial charge is 0.267 e. The number of amides is 1. The second-order valence-corrected chi connectivity index (χ2v) is 9.68. The predicted octanol–water partition coefficient (Wildman–Crippen LogP) is 7.86. The summed E-state index contributed by atoms with van der Waals surface area (Å²) in [6, 6.07) is 20.1. The Morgan fingerprint density at radius 1 is 1.00 bits per heavy atom. The number of aryl methyl sites for hydroxylation is 1. The van der Waals surface area contributed by atoms with E-state index in [1.54, 1.807) is 30.3 Å². The van der Waals surface area contributed by atoms with Gasteiger partial charge in [0.2, 0.25) is 5.78 Å². The number of furan rings is 1. The van der Waals surface area contributed by atoms with Gasteiger partial charge in [-0.1, -0.05) is 51.8 Å². The molecule has 1 N–H and O–H groups in total. The van der Waals surface area contributed by atoms with Gasteiger partial charge < -0.3 is 9.73 Å². The van der Waals surface area contributed by atoms with Crippen LogP contribution in [0.3, 0.4) is 0 Å². The molecule has 0 spiro atoms. The van der Waals surface area contributed by atoms with Crippen molar-refractivity contribution in [3.8, 4) is 0 Å². The number of thiophene rings is 1. The Morgan fingerprint density at radius 3 is 2.53 bits per heavy atom. The molecule has 0 unspecified atom stereocenters. The molecule has 0 aliphatic rings. The van der Waals surface area contributed by atoms with Gasteiger partial charge in [-0.2, -0.15) is 0 Å². The Morgan fingerprint density at radius 2 is 1.75 bits per heavy atom. The summed E-state index contributed by atoms with van der Waals surface area (Å²) in [5, 5.41) is 4.77. The highest BCUT2D eigenvalue weighted by Gasteiger charge is 2.25. The minimum absolute atomic E-state index is 0.0787. The van der Waals surface area contributed by atoms with Gasteiger partial charge in [0.05, 0.1) is 10.7 Å². The molecule has 2 heterocycles. The molecule has 158 valence electrons. The fraction of sp³-hybridized carbons (Fsp3) is 0.0400. The Hall–Kier alpha value is -2.93. The van der Waals surface area contributed by atoms with E-state index in [1.807, 2.05) is 43.3 Å². The van der Waals surface area contributed by atoms with Crippen molar-refractivity contribution in [3.05, 3.63) is 98.0 Å². The number of fused-ring (bicyclic) bond motifs is 2. The van der Waals surface area contributed by atoms with Crippen LogP contribution in [0.2, 0.25) is 5.02 Å². The molecule has 7 heteroatoms. The van der Waals surface area contributed by atoms with Gasteiger partial charge in [-0.3, -0.25) is 9.59 Å². The topological polar surface area (TPSA) is 59.3 Å². The fourth-order valence-corrected chi connectivity index (χ4v) is 5.33. The molecule has 4 nitrogen and oxygen atoms in total. The van der Waals surface area contributed by atoms with Gasteiger partial charge in [-0.15, -0.1) is 11.3 Å². The van der Waals surface area contributed by atoms with E-state index in [0.717, 1.165) is 20.1 Å². The highest BCUT2D eigenvalue weighted by atomic mass is 79.9. The van der Waals surface area contributed by atoms with Gasteiger partial charge in [0, 0.05) is 25.5 Å². The Labute approximate surface area is 200 Å². The van der Waals surface area contributed by atoms with E-state index in [9.17, 15) is 9.59 Å². The normalized spacial score (nSPS) is 11.2. The molecule has 32 heavy (non-hydrogen) atoms. The van der Waals surface area contributed by atoms with Crippen LogP contribution in [0.25, 0.3) is 21.1 Å². The third kappa shape index (κ3) is 3.64. The highest BCUT2D eigenvalue weighted by molar-refractivity contribution is 9.10. The van der Waals surface area contributed by atoms with Gasteiger partial charge in [0.25, 0.3) is 5.91 Å². The third-order valence-corrected chi connectivity index (χ3v) is 7.32. The largest absolute Gasteiger partial charge is 0.450 e. The lowest BCUT2D eigenvalue weighted by Gasteiger charge is -2.06. The summed E-state index contributed by atoms with van der Waals surface area (Å²) >= 11 is 11.2. The minimum Gasteiger partial charge on any atom is -0.450 e. The van der Waals surface area contributed by atoms with E-state index in [-0.39, 0.29) is 17.5 Å². The van der Waals surface area contributed by atoms with Crippen molar-refractivity contribution >= 4 is 77.3 Å². The molecule has 0 aliphatic carbocycles. The zero-order chi connectivity index (χ0) is 22.4. The average Bonchev–Trinajstić information content (AvgIpc) is 3.31. The lowest BCUT2D eigenvalue weighted by molar-refractivity contribution is 0.101. The number of hydrogen-bond acceptors (Lipinski definition) is 4. The van der Waals surface area contributed by atoms with E-state index in [4.69, 9.17) is 16.0 Å². The van der Waals surface area contributed by atoms with Gasteiger partial charge in [0.1, 0.15) is 10.5 Å². The van der Waals surface area contributed by atoms with Crippen molar-refractivity contribution in [2.45, 2.75) is 6.92 Å². The third-order valence-electron chi connectivity index (χ3n) is 5.14. The number of benzene rings is 3. The monoisotopic (exact) mass is 523 g/mol. The number of rotatable bonds is 4. The number of carbonyl (C=O) groups is 2. The van der Waals surface area contributed by atoms with Gasteiger partial charge in [-0.05, 0) is 55.0 Å². The highest BCUT2D eigenvalue weighted by Crippen LogP contribution is 2.38. The van der Waals surface area contributed by atoms with Crippen LogP contribution in [0.4, 0.5) is 5.69 Å². The first-order valence-corrected chi connectivity index (χ1v) is 11.7. The Balaban J connectivity index is 1.59. The standard InChI is InChI=1S/C25H15BrClNO3S/c1-13-6-11-17-19(12-13)32-24(20(17)27)25(30)28-21-16-4-2-3-5-18(16)31-23(21)22(29)14-7-9-15(26)10-8-14/h2-12H,1H3,(H,28,30). The second kappa shape index (κ2) is 8.20. The van der Waals surface area contributed by atoms with Crippen molar-refractivity contribution in [1.29, 1.82) is 0 Å². The number of nitrogens with one attached hydrogen (secondary N) is 1. The van der Waals surface area contributed by atoms with Crippen LogP contribution in [0.5, 0.6) is 0 Å². The molecule has 0 atom stereocenters. The number of halogens is 2. The molecule has 1 amide bonds. The van der Waals surface area contributed by atoms with E-state index >= 15 is 0 Å². The predicted molar refractivity (Wildman–Crippen MR) is 133 cm³/mol. The van der Waals surface area contributed by atoms with Crippen molar-refractivity contribution in [3.63, 3.8) is 0 Å². The van der Waals surface area contributed by atoms with Crippen LogP contribution in [0.15, 0.2) is 75.6 Å². The van der Waals surface area contributed by atoms with E-state index < -0.39 is 0 Å². The first-order valence-electron chi connectivity index (χ1n) is 9.74. The second-order valence-electron chi connectivity index (χ2n) is 7.34. The van der Waals surface area contributed by atoms with Crippen molar-refractivity contribution < 1.29 is 14.0 Å². The maximum absolute atomic E-state index is 13.2. The zero-order valence-electron chi connectivity index (χ0n) is 16.7. The summed E-state index contributed by atoms with van der Waals surface area (Å²) in [5.74, 6) is -0.623. The molecular weight excluding hydrogens is 510 g/mol. The van der Waals surface area contributed by atoms with Gasteiger partial charge in [-0.25, -0.2) is 0 Å². The number of hydrogen-bond donors (Lipinski definition) is 1. The fourth-order valence-electron chi connectivity index (χ4n) is 3.55. The average molecular weight is 525 g/mol. The molecule has 0 aliphatic heterocycles. The zero-order valence-corrected chi connectivity index (χ0v) is 19.9. The van der Waals surface area contributed by atoms with E-state index in [2.05, 4.69) is 21.2 Å². The van der Waals surface area contributed by atoms with Crippen molar-refractivity contribution in [1.82, 2.24) is 0 Å². The molecule has 2 aromatic heterocycles. The molecule has 0 saturated carbocycles. The Bertz CT molecular complexity index is 1520. The molecule has 5 rings (SSSR count). The molecule has 5 aromatic rings. The van der Waals surface area contributed by atoms with Gasteiger partial charge in [0.15, 0.2) is 5.76 Å². The van der Waals surface area contributed by atoms with Crippen LogP contribution in [-0.2, 0) is 0 Å². The quantitative estimate of drug-likeness (QED) is 0.243. The first-order chi connectivity index (χ1) is 15.4. The molecule has 0 radical (unpaired) electrons. The summed E-state index contributed by atoms with van der Waals surface area (Å²) in [4.78, 5) is 26.9. The van der Waals surface area contributed by atoms with Crippen LogP contribution in [-0.4, -0.2) is 11.7 Å². The summed E-state index contributed by atoms with van der Waals surface area (Å²) < 4.78 is 7.68. The molecule has 0 fully saturated rings. The summed E-state index contributed by atoms with van der Waals surface area (Å²) in [6.07, 6.45) is 0. The van der Waals surface area contributed by atoms with Crippen LogP contribution in [0, 0.1) is 6.92 Å². The van der Waals surface area contributed by atoms with Crippen LogP contribution >= 0.6 is 38.9 Å². The summed E-state index contributed by atoms with van der Waals surface area (Å²) in [6.45, 7) is 1.99. The number of anilines is 1. The lowest BCUT2D eigenvalue weighted by atomic mass is 10.1. The SMILES string of the molecule is Cc1ccc2c(Cl)c(C(=O)Nc3c(C(=O)c4ccc(Br)cc4)oc4ccccc34)sc2c1. The summed E-state index contributed by atoms with van der Waals surface area (Å²) in [5.41, 5.74) is 2.40. The van der Waals surface area contributed by atoms with E-state index in [0.29, 0.717) is 32.1 Å². The lowest BCUT2D eigenvalue weighted by Crippen LogP contribution is -2.13. The van der Waals surface area contributed by atoms with Crippen LogP contribution < -0.4 is 5.32 Å². The maximum Gasteiger partial charge on any atom is 0.267 e. The van der Waals surface area contributed by atoms with Crippen molar-refractivity contribution in [2.24, 2.45) is 0 Å². The number of para-hydroxylation sites is 1. The maximum atomic E-state index is 13.2. The minimum atomic E-state index is -0.384. The molecule has 0 bridgehead atoms. The van der Waals surface area contributed by atoms with E-state index in [1.165, 1.54) is 11.3 Å². The summed E-state index contributed by atoms with van der Waals surface area (Å²) in [7, 11) is 0. The number of ketones is 1.